The van der Waals surface area contributed by atoms with E-state index in [4.69, 9.17) is 15.2 Å². The highest BCUT2D eigenvalue weighted by molar-refractivity contribution is 5.87. The number of aromatic hydroxyl groups is 1. The van der Waals surface area contributed by atoms with Gasteiger partial charge in [-0.05, 0) is 66.7 Å². The minimum Gasteiger partial charge on any atom is -0.507 e. The molecule has 0 aromatic heterocycles. The maximum atomic E-state index is 10.7. The fraction of sp³-hybridized carbons (Fsp3) is 0.655. The van der Waals surface area contributed by atoms with Gasteiger partial charge in [0.2, 0.25) is 0 Å². The minimum atomic E-state index is -0.610. The number of rotatable bonds is 9. The third kappa shape index (κ3) is 5.59. The van der Waals surface area contributed by atoms with Crippen LogP contribution in [0.3, 0.4) is 0 Å². The zero-order chi connectivity index (χ0) is 25.3. The first-order valence-electron chi connectivity index (χ1n) is 12.7. The van der Waals surface area contributed by atoms with Gasteiger partial charge in [-0.2, -0.15) is 0 Å². The molecule has 5 heteroatoms. The Balaban J connectivity index is 1.79. The first-order valence-corrected chi connectivity index (χ1v) is 12.7. The predicted octanol–water partition coefficient (Wildman–Crippen LogP) is 6.31. The highest BCUT2D eigenvalue weighted by atomic mass is 16.7. The molecule has 1 heterocycles. The third-order valence-electron chi connectivity index (χ3n) is 8.76. The third-order valence-corrected chi connectivity index (χ3v) is 8.76. The van der Waals surface area contributed by atoms with E-state index in [-0.39, 0.29) is 46.9 Å². The van der Waals surface area contributed by atoms with E-state index < -0.39 is 6.29 Å². The number of ether oxygens (including phenoxy) is 2. The molecule has 1 fully saturated rings. The van der Waals surface area contributed by atoms with Gasteiger partial charge in [0.15, 0.2) is 6.29 Å². The largest absolute Gasteiger partial charge is 0.507 e. The molecule has 1 saturated heterocycles. The van der Waals surface area contributed by atoms with Gasteiger partial charge in [-0.15, -0.1) is 0 Å². The van der Waals surface area contributed by atoms with Crippen LogP contribution in [0.1, 0.15) is 86.0 Å². The summed E-state index contributed by atoms with van der Waals surface area (Å²) in [6, 6.07) is 11.7. The molecule has 0 spiro atoms. The number of hydrogen-bond acceptors (Lipinski definition) is 5. The number of aliphatic hydroxyl groups is 1. The molecule has 0 amide bonds. The molecule has 3 rings (SSSR count). The SMILES string of the molecule is CC1CC(C(C)C(C)(C)CCC(C)(N)C(C)(C)CCO)OC(c2c(O)ccc3ccccc23)O1. The van der Waals surface area contributed by atoms with E-state index in [0.717, 1.165) is 30.0 Å². The zero-order valence-corrected chi connectivity index (χ0v) is 22.1. The summed E-state index contributed by atoms with van der Waals surface area (Å²) in [6.45, 7) is 15.5. The van der Waals surface area contributed by atoms with Gasteiger partial charge < -0.3 is 25.4 Å². The smallest absolute Gasteiger partial charge is 0.188 e. The molecule has 0 radical (unpaired) electrons. The second kappa shape index (κ2) is 10.1. The average Bonchev–Trinajstić information content (AvgIpc) is 2.76. The molecule has 5 nitrogen and oxygen atoms in total. The van der Waals surface area contributed by atoms with Crippen LogP contribution >= 0.6 is 0 Å². The van der Waals surface area contributed by atoms with Gasteiger partial charge in [0, 0.05) is 18.6 Å². The van der Waals surface area contributed by atoms with Crippen molar-refractivity contribution in [2.45, 2.75) is 98.2 Å². The van der Waals surface area contributed by atoms with Crippen LogP contribution in [0.15, 0.2) is 36.4 Å². The van der Waals surface area contributed by atoms with E-state index in [1.54, 1.807) is 6.07 Å². The lowest BCUT2D eigenvalue weighted by molar-refractivity contribution is -0.260. The average molecular weight is 472 g/mol. The minimum absolute atomic E-state index is 0.00315. The van der Waals surface area contributed by atoms with Crippen molar-refractivity contribution in [1.29, 1.82) is 0 Å². The van der Waals surface area contributed by atoms with Crippen LogP contribution in [0.4, 0.5) is 0 Å². The number of nitrogens with two attached hydrogens (primary N) is 1. The Morgan fingerprint density at radius 3 is 2.35 bits per heavy atom. The summed E-state index contributed by atoms with van der Waals surface area (Å²) >= 11 is 0. The highest BCUT2D eigenvalue weighted by Crippen LogP contribution is 2.46. The highest BCUT2D eigenvalue weighted by Gasteiger charge is 2.42. The lowest BCUT2D eigenvalue weighted by Crippen LogP contribution is -2.51. The first kappa shape index (κ1) is 26.9. The van der Waals surface area contributed by atoms with Crippen LogP contribution in [-0.2, 0) is 9.47 Å². The molecule has 0 saturated carbocycles. The number of phenolic OH excluding ortho intramolecular Hbond substituents is 1. The molecule has 2 aromatic rings. The normalized spacial score (nSPS) is 24.7. The summed E-state index contributed by atoms with van der Waals surface area (Å²) in [5.74, 6) is 0.462. The molecule has 5 atom stereocenters. The van der Waals surface area contributed by atoms with Gasteiger partial charge in [-0.3, -0.25) is 0 Å². The van der Waals surface area contributed by atoms with Crippen molar-refractivity contribution in [3.63, 3.8) is 0 Å². The Hall–Kier alpha value is -1.66. The summed E-state index contributed by atoms with van der Waals surface area (Å²) in [6.07, 6.45) is 2.72. The van der Waals surface area contributed by atoms with Gasteiger partial charge in [-0.1, -0.05) is 65.0 Å². The van der Waals surface area contributed by atoms with Gasteiger partial charge in [0.05, 0.1) is 17.8 Å². The summed E-state index contributed by atoms with van der Waals surface area (Å²) in [4.78, 5) is 0. The van der Waals surface area contributed by atoms with E-state index in [1.807, 2.05) is 30.3 Å². The second-order valence-corrected chi connectivity index (χ2v) is 12.0. The molecular weight excluding hydrogens is 426 g/mol. The lowest BCUT2D eigenvalue weighted by atomic mass is 9.65. The van der Waals surface area contributed by atoms with Crippen molar-refractivity contribution < 1.29 is 19.7 Å². The van der Waals surface area contributed by atoms with E-state index in [0.29, 0.717) is 12.0 Å². The molecule has 5 unspecified atom stereocenters. The maximum absolute atomic E-state index is 10.7. The van der Waals surface area contributed by atoms with Crippen molar-refractivity contribution in [2.75, 3.05) is 6.61 Å². The van der Waals surface area contributed by atoms with E-state index in [1.165, 1.54) is 0 Å². The number of hydrogen-bond donors (Lipinski definition) is 3. The summed E-state index contributed by atoms with van der Waals surface area (Å²) < 4.78 is 12.8. The summed E-state index contributed by atoms with van der Waals surface area (Å²) in [5, 5.41) is 22.2. The fourth-order valence-corrected chi connectivity index (χ4v) is 5.05. The van der Waals surface area contributed by atoms with Crippen molar-refractivity contribution >= 4 is 10.8 Å². The molecule has 1 aliphatic rings. The molecule has 1 aliphatic heterocycles. The second-order valence-electron chi connectivity index (χ2n) is 12.0. The Kier molecular flexibility index (Phi) is 8.03. The summed E-state index contributed by atoms with van der Waals surface area (Å²) in [5.41, 5.74) is 6.93. The van der Waals surface area contributed by atoms with Gasteiger partial charge >= 0.3 is 0 Å². The molecule has 0 bridgehead atoms. The maximum Gasteiger partial charge on any atom is 0.188 e. The number of fused-ring (bicyclic) bond motifs is 1. The first-order chi connectivity index (χ1) is 15.8. The van der Waals surface area contributed by atoms with Crippen molar-refractivity contribution in [1.82, 2.24) is 0 Å². The molecule has 34 heavy (non-hydrogen) atoms. The van der Waals surface area contributed by atoms with E-state index >= 15 is 0 Å². The van der Waals surface area contributed by atoms with E-state index in [2.05, 4.69) is 48.5 Å². The van der Waals surface area contributed by atoms with Gasteiger partial charge in [0.1, 0.15) is 5.75 Å². The van der Waals surface area contributed by atoms with Crippen LogP contribution < -0.4 is 5.73 Å². The number of aliphatic hydroxyl groups excluding tert-OH is 1. The zero-order valence-electron chi connectivity index (χ0n) is 22.1. The monoisotopic (exact) mass is 471 g/mol. The predicted molar refractivity (Wildman–Crippen MR) is 139 cm³/mol. The topological polar surface area (TPSA) is 84.9 Å². The quantitative estimate of drug-likeness (QED) is 0.399. The van der Waals surface area contributed by atoms with Crippen molar-refractivity contribution in [2.24, 2.45) is 22.5 Å². The molecular formula is C29H45NO4. The van der Waals surface area contributed by atoms with Crippen molar-refractivity contribution in [3.8, 4) is 5.75 Å². The van der Waals surface area contributed by atoms with Crippen LogP contribution in [0.5, 0.6) is 5.75 Å². The van der Waals surface area contributed by atoms with Crippen molar-refractivity contribution in [3.05, 3.63) is 42.0 Å². The van der Waals surface area contributed by atoms with Crippen LogP contribution in [0.25, 0.3) is 10.8 Å². The van der Waals surface area contributed by atoms with Crippen LogP contribution in [-0.4, -0.2) is 34.6 Å². The Morgan fingerprint density at radius 2 is 1.68 bits per heavy atom. The lowest BCUT2D eigenvalue weighted by Gasteiger charge is -2.46. The Labute approximate surface area is 205 Å². The van der Waals surface area contributed by atoms with E-state index in [9.17, 15) is 10.2 Å². The number of benzene rings is 2. The number of phenols is 1. The van der Waals surface area contributed by atoms with Crippen LogP contribution in [0.2, 0.25) is 0 Å². The fourth-order valence-electron chi connectivity index (χ4n) is 5.05. The van der Waals surface area contributed by atoms with Gasteiger partial charge in [-0.25, -0.2) is 0 Å². The van der Waals surface area contributed by atoms with Gasteiger partial charge in [0.25, 0.3) is 0 Å². The Morgan fingerprint density at radius 1 is 1.00 bits per heavy atom. The van der Waals surface area contributed by atoms with Crippen LogP contribution in [0, 0.1) is 16.7 Å². The Bertz CT molecular complexity index is 968. The standard InChI is InChI=1S/C29H45NO4/c1-19-18-24(20(2)27(3,4)14-15-29(7,30)28(5,6)16-17-31)34-26(33-19)25-22-11-9-8-10-21(22)12-13-23(25)32/h8-13,19-20,24,26,31-32H,14-18,30H2,1-7H3. The summed E-state index contributed by atoms with van der Waals surface area (Å²) in [7, 11) is 0. The molecule has 4 N–H and O–H groups in total. The molecule has 2 aromatic carbocycles. The molecule has 190 valence electrons. The molecule has 0 aliphatic carbocycles.